The average molecular weight is 393 g/mol. The third-order valence-corrected chi connectivity index (χ3v) is 4.81. The molecule has 0 atom stereocenters. The zero-order chi connectivity index (χ0) is 20.3. The standard InChI is InChI=1S/C20H22F3N3O2/c1-25(12-14-6-2-3-7-16(14)20(21,22)23)13-18(27)15-10-17(24-11-15)19(28)26-8-4-5-9-26/h2-3,6-7,10-11,24H,4-5,8-9,12-13H2,1H3. The smallest absolute Gasteiger partial charge is 0.356 e. The molecule has 0 spiro atoms. The van der Waals surface area contributed by atoms with Crippen molar-refractivity contribution in [1.82, 2.24) is 14.8 Å². The van der Waals surface area contributed by atoms with E-state index in [1.807, 2.05) is 0 Å². The summed E-state index contributed by atoms with van der Waals surface area (Å²) in [7, 11) is 1.59. The SMILES string of the molecule is CN(CC(=O)c1c[nH]c(C(=O)N2CCCC2)c1)Cc1ccccc1C(F)(F)F. The second-order valence-corrected chi connectivity index (χ2v) is 7.05. The number of likely N-dealkylation sites (tertiary alicyclic amines) is 1. The number of H-pyrrole nitrogens is 1. The number of likely N-dealkylation sites (N-methyl/N-ethyl adjacent to an activating group) is 1. The van der Waals surface area contributed by atoms with Crippen molar-refractivity contribution in [3.05, 3.63) is 58.9 Å². The van der Waals surface area contributed by atoms with Crippen molar-refractivity contribution in [2.24, 2.45) is 0 Å². The Bertz CT molecular complexity index is 854. The molecular weight excluding hydrogens is 371 g/mol. The van der Waals surface area contributed by atoms with Gasteiger partial charge in [0.05, 0.1) is 12.1 Å². The number of hydrogen-bond acceptors (Lipinski definition) is 3. The van der Waals surface area contributed by atoms with Crippen LogP contribution >= 0.6 is 0 Å². The first-order valence-corrected chi connectivity index (χ1v) is 9.10. The lowest BCUT2D eigenvalue weighted by Crippen LogP contribution is -2.28. The van der Waals surface area contributed by atoms with Crippen molar-refractivity contribution in [3.8, 4) is 0 Å². The van der Waals surface area contributed by atoms with Gasteiger partial charge in [-0.1, -0.05) is 18.2 Å². The van der Waals surface area contributed by atoms with Crippen LogP contribution in [0.3, 0.4) is 0 Å². The van der Waals surface area contributed by atoms with Gasteiger partial charge in [0.15, 0.2) is 5.78 Å². The molecule has 5 nitrogen and oxygen atoms in total. The van der Waals surface area contributed by atoms with Crippen LogP contribution in [0, 0.1) is 0 Å². The van der Waals surface area contributed by atoms with Gasteiger partial charge in [-0.3, -0.25) is 14.5 Å². The van der Waals surface area contributed by atoms with E-state index >= 15 is 0 Å². The second-order valence-electron chi connectivity index (χ2n) is 7.05. The van der Waals surface area contributed by atoms with E-state index in [9.17, 15) is 22.8 Å². The molecule has 0 saturated carbocycles. The minimum absolute atomic E-state index is 0.00852. The summed E-state index contributed by atoms with van der Waals surface area (Å²) in [4.78, 5) is 30.9. The Morgan fingerprint density at radius 1 is 1.18 bits per heavy atom. The maximum absolute atomic E-state index is 13.1. The predicted molar refractivity (Wildman–Crippen MR) is 98.0 cm³/mol. The first-order chi connectivity index (χ1) is 13.3. The monoisotopic (exact) mass is 393 g/mol. The molecule has 0 bridgehead atoms. The molecule has 0 aliphatic carbocycles. The lowest BCUT2D eigenvalue weighted by Gasteiger charge is -2.19. The number of carbonyl (C=O) groups is 2. The van der Waals surface area contributed by atoms with E-state index in [0.29, 0.717) is 24.3 Å². The van der Waals surface area contributed by atoms with Crippen LogP contribution < -0.4 is 0 Å². The number of Topliss-reactive ketones (excluding diaryl/α,β-unsaturated/α-hetero) is 1. The molecule has 3 rings (SSSR count). The maximum Gasteiger partial charge on any atom is 0.416 e. The Morgan fingerprint density at radius 2 is 1.86 bits per heavy atom. The van der Waals surface area contributed by atoms with Crippen LogP contribution in [0.2, 0.25) is 0 Å². The molecule has 28 heavy (non-hydrogen) atoms. The van der Waals surface area contributed by atoms with E-state index in [1.165, 1.54) is 29.3 Å². The number of halogens is 3. The first kappa shape index (κ1) is 20.1. The molecule has 1 aromatic carbocycles. The summed E-state index contributed by atoms with van der Waals surface area (Å²) < 4.78 is 39.3. The highest BCUT2D eigenvalue weighted by molar-refractivity contribution is 6.01. The van der Waals surface area contributed by atoms with Crippen LogP contribution in [0.15, 0.2) is 36.5 Å². The third-order valence-electron chi connectivity index (χ3n) is 4.81. The number of carbonyl (C=O) groups excluding carboxylic acids is 2. The van der Waals surface area contributed by atoms with Gasteiger partial charge in [0.25, 0.3) is 5.91 Å². The van der Waals surface area contributed by atoms with Crippen molar-refractivity contribution < 1.29 is 22.8 Å². The number of benzene rings is 1. The lowest BCUT2D eigenvalue weighted by molar-refractivity contribution is -0.138. The molecule has 2 aromatic rings. The van der Waals surface area contributed by atoms with Crippen molar-refractivity contribution >= 4 is 11.7 Å². The molecule has 0 unspecified atom stereocenters. The molecule has 1 amide bonds. The zero-order valence-corrected chi connectivity index (χ0v) is 15.6. The summed E-state index contributed by atoms with van der Waals surface area (Å²) >= 11 is 0. The zero-order valence-electron chi connectivity index (χ0n) is 15.6. The largest absolute Gasteiger partial charge is 0.416 e. The van der Waals surface area contributed by atoms with Crippen molar-refractivity contribution in [2.75, 3.05) is 26.7 Å². The topological polar surface area (TPSA) is 56.4 Å². The molecule has 150 valence electrons. The molecule has 1 aliphatic heterocycles. The number of alkyl halides is 3. The Morgan fingerprint density at radius 3 is 2.54 bits per heavy atom. The predicted octanol–water partition coefficient (Wildman–Crippen LogP) is 3.58. The number of amides is 1. The van der Waals surface area contributed by atoms with Gasteiger partial charge in [0.2, 0.25) is 0 Å². The van der Waals surface area contributed by atoms with Gasteiger partial charge >= 0.3 is 6.18 Å². The van der Waals surface area contributed by atoms with Gasteiger partial charge in [0.1, 0.15) is 5.69 Å². The number of aromatic amines is 1. The van der Waals surface area contributed by atoms with Crippen LogP contribution in [-0.4, -0.2) is 53.2 Å². The van der Waals surface area contributed by atoms with Crippen LogP contribution in [0.25, 0.3) is 0 Å². The second kappa shape index (κ2) is 8.18. The van der Waals surface area contributed by atoms with Crippen LogP contribution in [-0.2, 0) is 12.7 Å². The highest BCUT2D eigenvalue weighted by Crippen LogP contribution is 2.32. The van der Waals surface area contributed by atoms with E-state index in [4.69, 9.17) is 0 Å². The number of aromatic nitrogens is 1. The number of rotatable bonds is 6. The van der Waals surface area contributed by atoms with E-state index in [-0.39, 0.29) is 30.3 Å². The highest BCUT2D eigenvalue weighted by atomic mass is 19.4. The summed E-state index contributed by atoms with van der Waals surface area (Å²) in [6.45, 7) is 1.36. The molecule has 1 fully saturated rings. The minimum atomic E-state index is -4.44. The van der Waals surface area contributed by atoms with Crippen molar-refractivity contribution in [1.29, 1.82) is 0 Å². The lowest BCUT2D eigenvalue weighted by atomic mass is 10.1. The summed E-state index contributed by atoms with van der Waals surface area (Å²) in [5.41, 5.74) is 0.118. The molecule has 2 heterocycles. The average Bonchev–Trinajstić information content (AvgIpc) is 3.32. The van der Waals surface area contributed by atoms with Gasteiger partial charge in [-0.25, -0.2) is 0 Å². The molecule has 0 radical (unpaired) electrons. The Hall–Kier alpha value is -2.61. The molecule has 1 saturated heterocycles. The number of nitrogens with zero attached hydrogens (tertiary/aromatic N) is 2. The fourth-order valence-electron chi connectivity index (χ4n) is 3.39. The Kier molecular flexibility index (Phi) is 5.88. The minimum Gasteiger partial charge on any atom is -0.356 e. The highest BCUT2D eigenvalue weighted by Gasteiger charge is 2.33. The number of nitrogens with one attached hydrogen (secondary N) is 1. The summed E-state index contributed by atoms with van der Waals surface area (Å²) in [6, 6.07) is 6.85. The van der Waals surface area contributed by atoms with Crippen LogP contribution in [0.5, 0.6) is 0 Å². The maximum atomic E-state index is 13.1. The van der Waals surface area contributed by atoms with E-state index < -0.39 is 11.7 Å². The number of ketones is 1. The molecule has 1 aromatic heterocycles. The summed E-state index contributed by atoms with van der Waals surface area (Å²) in [6.07, 6.45) is -1.01. The normalized spacial score (nSPS) is 14.7. The third kappa shape index (κ3) is 4.62. The van der Waals surface area contributed by atoms with Crippen molar-refractivity contribution in [3.63, 3.8) is 0 Å². The first-order valence-electron chi connectivity index (χ1n) is 9.10. The molecule has 1 aliphatic rings. The fourth-order valence-corrected chi connectivity index (χ4v) is 3.39. The van der Waals surface area contributed by atoms with Crippen LogP contribution in [0.1, 0.15) is 44.8 Å². The van der Waals surface area contributed by atoms with E-state index in [2.05, 4.69) is 4.98 Å². The van der Waals surface area contributed by atoms with Gasteiger partial charge < -0.3 is 9.88 Å². The van der Waals surface area contributed by atoms with Crippen LogP contribution in [0.4, 0.5) is 13.2 Å². The Balaban J connectivity index is 1.63. The molecule has 1 N–H and O–H groups in total. The quantitative estimate of drug-likeness (QED) is 0.764. The molecular formula is C20H22F3N3O2. The van der Waals surface area contributed by atoms with Gasteiger partial charge in [-0.2, -0.15) is 13.2 Å². The fraction of sp³-hybridized carbons (Fsp3) is 0.400. The summed E-state index contributed by atoms with van der Waals surface area (Å²) in [5.74, 6) is -0.396. The summed E-state index contributed by atoms with van der Waals surface area (Å²) in [5, 5.41) is 0. The van der Waals surface area contributed by atoms with E-state index in [1.54, 1.807) is 18.0 Å². The van der Waals surface area contributed by atoms with E-state index in [0.717, 1.165) is 18.9 Å². The Labute approximate surface area is 161 Å². The van der Waals surface area contributed by atoms with Gasteiger partial charge in [-0.15, -0.1) is 0 Å². The van der Waals surface area contributed by atoms with Gasteiger partial charge in [-0.05, 0) is 37.6 Å². The van der Waals surface area contributed by atoms with Crippen molar-refractivity contribution in [2.45, 2.75) is 25.6 Å². The van der Waals surface area contributed by atoms with Gasteiger partial charge in [0, 0.05) is 31.4 Å². The molecule has 8 heteroatoms. The number of hydrogen-bond donors (Lipinski definition) is 1.